The van der Waals surface area contributed by atoms with E-state index in [2.05, 4.69) is 25.2 Å². The van der Waals surface area contributed by atoms with E-state index < -0.39 is 0 Å². The largest absolute Gasteiger partial charge is 0.508 e. The fourth-order valence-corrected chi connectivity index (χ4v) is 5.12. The molecule has 1 fully saturated rings. The molecule has 2 aromatic carbocycles. The minimum atomic E-state index is -0.181. The standard InChI is InChI=1S/C23H18N6O2S2/c1-13-10-16(12-20-22(31)29(23(32)33-20)17-6-8-19(30)9-7-17)14(2)28(13)18-5-3-4-15(11-18)21-24-26-27-25-21/h3-12,30H,1-2H3,(H,24,25,26,27)/b20-12-. The number of aryl methyl sites for hydroxylation is 1. The van der Waals surface area contributed by atoms with Crippen LogP contribution in [0.15, 0.2) is 59.5 Å². The number of tetrazole rings is 1. The lowest BCUT2D eigenvalue weighted by Gasteiger charge is -2.14. The van der Waals surface area contributed by atoms with Gasteiger partial charge in [-0.1, -0.05) is 36.1 Å². The molecule has 1 aliphatic rings. The lowest BCUT2D eigenvalue weighted by molar-refractivity contribution is -0.113. The third-order valence-electron chi connectivity index (χ3n) is 5.37. The molecule has 5 rings (SSSR count). The quantitative estimate of drug-likeness (QED) is 0.334. The molecule has 1 saturated heterocycles. The number of phenols is 1. The maximum atomic E-state index is 13.1. The highest BCUT2D eigenvalue weighted by atomic mass is 32.2. The molecule has 0 atom stereocenters. The Morgan fingerprint density at radius 3 is 2.61 bits per heavy atom. The molecular weight excluding hydrogens is 456 g/mol. The molecule has 0 aliphatic carbocycles. The summed E-state index contributed by atoms with van der Waals surface area (Å²) in [7, 11) is 0. The number of rotatable bonds is 4. The molecule has 10 heteroatoms. The minimum Gasteiger partial charge on any atom is -0.508 e. The van der Waals surface area contributed by atoms with Crippen molar-refractivity contribution in [1.82, 2.24) is 25.2 Å². The summed E-state index contributed by atoms with van der Waals surface area (Å²) in [6.45, 7) is 4.04. The molecular formula is C23H18N6O2S2. The van der Waals surface area contributed by atoms with Crippen molar-refractivity contribution in [2.24, 2.45) is 0 Å². The van der Waals surface area contributed by atoms with E-state index >= 15 is 0 Å². The predicted octanol–water partition coefficient (Wildman–Crippen LogP) is 4.39. The molecule has 4 aromatic rings. The zero-order chi connectivity index (χ0) is 23.1. The molecule has 164 valence electrons. The number of thiocarbonyl (C=S) groups is 1. The van der Waals surface area contributed by atoms with Gasteiger partial charge in [0.2, 0.25) is 5.82 Å². The van der Waals surface area contributed by atoms with E-state index in [4.69, 9.17) is 12.2 Å². The van der Waals surface area contributed by atoms with Crippen LogP contribution in [0.3, 0.4) is 0 Å². The number of thioether (sulfide) groups is 1. The van der Waals surface area contributed by atoms with Crippen LogP contribution in [-0.4, -0.2) is 40.5 Å². The normalized spacial score (nSPS) is 15.1. The van der Waals surface area contributed by atoms with Crippen LogP contribution in [-0.2, 0) is 4.79 Å². The number of anilines is 1. The first kappa shape index (κ1) is 21.1. The Kier molecular flexibility index (Phi) is 5.31. The molecule has 0 saturated carbocycles. The van der Waals surface area contributed by atoms with Crippen molar-refractivity contribution in [2.45, 2.75) is 13.8 Å². The fourth-order valence-electron chi connectivity index (χ4n) is 3.83. The minimum absolute atomic E-state index is 0.135. The number of carbonyl (C=O) groups is 1. The second-order valence-electron chi connectivity index (χ2n) is 7.48. The maximum Gasteiger partial charge on any atom is 0.270 e. The second-order valence-corrected chi connectivity index (χ2v) is 9.16. The van der Waals surface area contributed by atoms with Gasteiger partial charge >= 0.3 is 0 Å². The Bertz CT molecular complexity index is 1410. The lowest BCUT2D eigenvalue weighted by Crippen LogP contribution is -2.27. The topological polar surface area (TPSA) is 99.9 Å². The van der Waals surface area contributed by atoms with Gasteiger partial charge < -0.3 is 9.67 Å². The molecule has 3 heterocycles. The number of nitrogens with zero attached hydrogens (tertiary/aromatic N) is 5. The third kappa shape index (κ3) is 3.83. The van der Waals surface area contributed by atoms with Gasteiger partial charge in [0.1, 0.15) is 5.75 Å². The average molecular weight is 475 g/mol. The van der Waals surface area contributed by atoms with E-state index in [1.54, 1.807) is 12.1 Å². The molecule has 1 aliphatic heterocycles. The van der Waals surface area contributed by atoms with Gasteiger partial charge in [-0.15, -0.1) is 10.2 Å². The van der Waals surface area contributed by atoms with Crippen LogP contribution >= 0.6 is 24.0 Å². The smallest absolute Gasteiger partial charge is 0.270 e. The Balaban J connectivity index is 1.49. The van der Waals surface area contributed by atoms with Crippen molar-refractivity contribution < 1.29 is 9.90 Å². The summed E-state index contributed by atoms with van der Waals surface area (Å²) in [4.78, 5) is 15.1. The molecule has 0 unspecified atom stereocenters. The van der Waals surface area contributed by atoms with Crippen molar-refractivity contribution in [1.29, 1.82) is 0 Å². The van der Waals surface area contributed by atoms with Crippen LogP contribution in [0, 0.1) is 13.8 Å². The van der Waals surface area contributed by atoms with Crippen molar-refractivity contribution >= 4 is 46.0 Å². The number of aromatic nitrogens is 5. The molecule has 2 aromatic heterocycles. The number of aromatic hydroxyl groups is 1. The number of hydrogen-bond donors (Lipinski definition) is 2. The number of benzene rings is 2. The number of nitrogens with one attached hydrogen (secondary N) is 1. The van der Waals surface area contributed by atoms with Gasteiger partial charge in [-0.2, -0.15) is 5.21 Å². The fraction of sp³-hybridized carbons (Fsp3) is 0.0870. The van der Waals surface area contributed by atoms with Gasteiger partial charge in [0, 0.05) is 22.6 Å². The van der Waals surface area contributed by atoms with Gasteiger partial charge in [0.05, 0.1) is 10.6 Å². The van der Waals surface area contributed by atoms with Crippen molar-refractivity contribution in [3.8, 4) is 22.8 Å². The van der Waals surface area contributed by atoms with Crippen molar-refractivity contribution in [3.05, 3.63) is 76.5 Å². The van der Waals surface area contributed by atoms with Gasteiger partial charge in [0.15, 0.2) is 4.32 Å². The number of carbonyl (C=O) groups excluding carboxylic acids is 1. The van der Waals surface area contributed by atoms with Crippen LogP contribution in [0.25, 0.3) is 23.2 Å². The zero-order valence-corrected chi connectivity index (χ0v) is 19.3. The van der Waals surface area contributed by atoms with E-state index in [-0.39, 0.29) is 11.7 Å². The highest BCUT2D eigenvalue weighted by Gasteiger charge is 2.33. The highest BCUT2D eigenvalue weighted by Crippen LogP contribution is 2.37. The molecule has 8 nitrogen and oxygen atoms in total. The summed E-state index contributed by atoms with van der Waals surface area (Å²) < 4.78 is 2.58. The first-order valence-electron chi connectivity index (χ1n) is 10.0. The zero-order valence-electron chi connectivity index (χ0n) is 17.7. The van der Waals surface area contributed by atoms with Crippen molar-refractivity contribution in [2.75, 3.05) is 4.90 Å². The number of phenolic OH excluding ortho intramolecular Hbond substituents is 1. The van der Waals surface area contributed by atoms with Gasteiger partial charge in [0.25, 0.3) is 5.91 Å². The van der Waals surface area contributed by atoms with Gasteiger partial charge in [-0.05, 0) is 73.2 Å². The Morgan fingerprint density at radius 2 is 1.88 bits per heavy atom. The Hall–Kier alpha value is -3.76. The SMILES string of the molecule is Cc1cc(/C=C2\SC(=S)N(c3ccc(O)cc3)C2=O)c(C)n1-c1cccc(-c2nn[nH]n2)c1. The first-order valence-corrected chi connectivity index (χ1v) is 11.2. The van der Waals surface area contributed by atoms with E-state index in [1.165, 1.54) is 28.8 Å². The average Bonchev–Trinajstić information content (AvgIpc) is 3.49. The van der Waals surface area contributed by atoms with E-state index in [0.29, 0.717) is 20.7 Å². The monoisotopic (exact) mass is 474 g/mol. The number of H-pyrrole nitrogens is 1. The Labute approximate surface area is 198 Å². The van der Waals surface area contributed by atoms with Crippen LogP contribution in [0.2, 0.25) is 0 Å². The summed E-state index contributed by atoms with van der Waals surface area (Å²) in [5.41, 5.74) is 5.39. The van der Waals surface area contributed by atoms with Crippen LogP contribution in [0.5, 0.6) is 5.75 Å². The van der Waals surface area contributed by atoms with Crippen molar-refractivity contribution in [3.63, 3.8) is 0 Å². The van der Waals surface area contributed by atoms with Crippen LogP contribution < -0.4 is 4.90 Å². The number of amides is 1. The number of hydrogen-bond acceptors (Lipinski definition) is 7. The third-order valence-corrected chi connectivity index (χ3v) is 6.67. The highest BCUT2D eigenvalue weighted by molar-refractivity contribution is 8.27. The summed E-state index contributed by atoms with van der Waals surface area (Å²) in [6.07, 6.45) is 1.88. The first-order chi connectivity index (χ1) is 15.9. The van der Waals surface area contributed by atoms with E-state index in [9.17, 15) is 9.90 Å². The molecule has 1 amide bonds. The summed E-state index contributed by atoms with van der Waals surface area (Å²) in [6, 6.07) is 16.3. The Morgan fingerprint density at radius 1 is 1.09 bits per heavy atom. The summed E-state index contributed by atoms with van der Waals surface area (Å²) in [5, 5.41) is 23.8. The molecule has 33 heavy (non-hydrogen) atoms. The van der Waals surface area contributed by atoms with Crippen LogP contribution in [0.1, 0.15) is 17.0 Å². The molecule has 2 N–H and O–H groups in total. The summed E-state index contributed by atoms with van der Waals surface area (Å²) >= 11 is 6.73. The summed E-state index contributed by atoms with van der Waals surface area (Å²) in [5.74, 6) is 0.479. The second kappa shape index (κ2) is 8.30. The van der Waals surface area contributed by atoms with Gasteiger partial charge in [-0.3, -0.25) is 9.69 Å². The molecule has 0 spiro atoms. The van der Waals surface area contributed by atoms with E-state index in [0.717, 1.165) is 28.2 Å². The van der Waals surface area contributed by atoms with E-state index in [1.807, 2.05) is 50.3 Å². The molecule has 0 bridgehead atoms. The van der Waals surface area contributed by atoms with Crippen LogP contribution in [0.4, 0.5) is 5.69 Å². The van der Waals surface area contributed by atoms with Gasteiger partial charge in [-0.25, -0.2) is 0 Å². The maximum absolute atomic E-state index is 13.1. The predicted molar refractivity (Wildman–Crippen MR) is 132 cm³/mol. The lowest BCUT2D eigenvalue weighted by atomic mass is 10.2. The number of aromatic amines is 1. The molecule has 0 radical (unpaired) electrons.